The highest BCUT2D eigenvalue weighted by molar-refractivity contribution is 9.10. The standard InChI is InChI=1S/C7H8BrF3N2O/c1-6(2,14)4-3(8)5(13-12-4)7(9,10)11/h14H,1-2H3,(H,12,13). The monoisotopic (exact) mass is 272 g/mol. The zero-order valence-electron chi connectivity index (χ0n) is 7.41. The number of H-pyrrole nitrogens is 1. The summed E-state index contributed by atoms with van der Waals surface area (Å²) in [4.78, 5) is 0. The lowest BCUT2D eigenvalue weighted by atomic mass is 10.1. The quantitative estimate of drug-likeness (QED) is 0.825. The van der Waals surface area contributed by atoms with Crippen molar-refractivity contribution in [1.82, 2.24) is 10.2 Å². The highest BCUT2D eigenvalue weighted by atomic mass is 79.9. The lowest BCUT2D eigenvalue weighted by molar-refractivity contribution is -0.141. The zero-order chi connectivity index (χ0) is 11.1. The van der Waals surface area contributed by atoms with Crippen LogP contribution in [0.2, 0.25) is 0 Å². The van der Waals surface area contributed by atoms with Crippen molar-refractivity contribution in [3.63, 3.8) is 0 Å². The number of aromatic nitrogens is 2. The predicted molar refractivity (Wildman–Crippen MR) is 46.5 cm³/mol. The summed E-state index contributed by atoms with van der Waals surface area (Å²) in [6, 6.07) is 0. The molecule has 0 aliphatic carbocycles. The smallest absolute Gasteiger partial charge is 0.384 e. The highest BCUT2D eigenvalue weighted by Crippen LogP contribution is 2.37. The number of alkyl halides is 3. The number of aliphatic hydroxyl groups is 1. The van der Waals surface area contributed by atoms with Gasteiger partial charge in [0, 0.05) is 0 Å². The van der Waals surface area contributed by atoms with Gasteiger partial charge in [0.05, 0.1) is 4.47 Å². The second-order valence-electron chi connectivity index (χ2n) is 3.32. The Morgan fingerprint density at radius 3 is 2.07 bits per heavy atom. The van der Waals surface area contributed by atoms with Crippen LogP contribution in [-0.2, 0) is 11.8 Å². The summed E-state index contributed by atoms with van der Waals surface area (Å²) in [6.07, 6.45) is -4.50. The summed E-state index contributed by atoms with van der Waals surface area (Å²) in [5, 5.41) is 14.7. The number of hydrogen-bond donors (Lipinski definition) is 2. The molecule has 0 saturated heterocycles. The summed E-state index contributed by atoms with van der Waals surface area (Å²) in [5.74, 6) is 0. The molecule has 14 heavy (non-hydrogen) atoms. The van der Waals surface area contributed by atoms with Crippen molar-refractivity contribution in [2.75, 3.05) is 0 Å². The van der Waals surface area contributed by atoms with E-state index in [1.807, 2.05) is 5.10 Å². The molecular formula is C7H8BrF3N2O. The molecule has 1 rings (SSSR count). The molecule has 2 N–H and O–H groups in total. The first-order valence-electron chi connectivity index (χ1n) is 3.68. The van der Waals surface area contributed by atoms with E-state index in [4.69, 9.17) is 0 Å². The largest absolute Gasteiger partial charge is 0.433 e. The van der Waals surface area contributed by atoms with E-state index < -0.39 is 17.5 Å². The zero-order valence-corrected chi connectivity index (χ0v) is 8.99. The van der Waals surface area contributed by atoms with Crippen LogP contribution in [0.15, 0.2) is 4.47 Å². The molecule has 1 heterocycles. The van der Waals surface area contributed by atoms with Gasteiger partial charge < -0.3 is 5.11 Å². The van der Waals surface area contributed by atoms with Crippen molar-refractivity contribution >= 4 is 15.9 Å². The van der Waals surface area contributed by atoms with E-state index in [-0.39, 0.29) is 10.2 Å². The maximum absolute atomic E-state index is 12.3. The summed E-state index contributed by atoms with van der Waals surface area (Å²) < 4.78 is 36.5. The fourth-order valence-electron chi connectivity index (χ4n) is 0.922. The molecule has 1 aromatic heterocycles. The van der Waals surface area contributed by atoms with Gasteiger partial charge in [-0.2, -0.15) is 18.3 Å². The maximum atomic E-state index is 12.3. The third-order valence-corrected chi connectivity index (χ3v) is 2.34. The Hall–Kier alpha value is -0.560. The number of halogens is 4. The molecule has 0 aliphatic heterocycles. The molecule has 80 valence electrons. The fourth-order valence-corrected chi connectivity index (χ4v) is 1.81. The Bertz CT molecular complexity index is 308. The number of nitrogens with zero attached hydrogens (tertiary/aromatic N) is 1. The van der Waals surface area contributed by atoms with Gasteiger partial charge in [0.15, 0.2) is 5.69 Å². The molecule has 0 saturated carbocycles. The Morgan fingerprint density at radius 1 is 1.36 bits per heavy atom. The van der Waals surface area contributed by atoms with Crippen LogP contribution in [0.4, 0.5) is 13.2 Å². The lowest BCUT2D eigenvalue weighted by Gasteiger charge is -2.14. The molecule has 1 aromatic rings. The SMILES string of the molecule is CC(C)(O)c1n[nH]c(C(F)(F)F)c1Br. The first-order chi connectivity index (χ1) is 6.14. The minimum Gasteiger partial charge on any atom is -0.384 e. The van der Waals surface area contributed by atoms with Gasteiger partial charge in [-0.05, 0) is 29.8 Å². The molecule has 3 nitrogen and oxygen atoms in total. The van der Waals surface area contributed by atoms with Crippen LogP contribution in [-0.4, -0.2) is 15.3 Å². The summed E-state index contributed by atoms with van der Waals surface area (Å²) in [6.45, 7) is 2.71. The number of hydrogen-bond acceptors (Lipinski definition) is 2. The van der Waals surface area contributed by atoms with Crippen LogP contribution in [0, 0.1) is 0 Å². The number of rotatable bonds is 1. The molecule has 0 aromatic carbocycles. The van der Waals surface area contributed by atoms with Crippen LogP contribution in [0.25, 0.3) is 0 Å². The Balaban J connectivity index is 3.23. The van der Waals surface area contributed by atoms with Crippen LogP contribution in [0.5, 0.6) is 0 Å². The Morgan fingerprint density at radius 2 is 1.86 bits per heavy atom. The van der Waals surface area contributed by atoms with Crippen molar-refractivity contribution in [2.24, 2.45) is 0 Å². The second-order valence-corrected chi connectivity index (χ2v) is 4.11. The third-order valence-electron chi connectivity index (χ3n) is 1.57. The molecular weight excluding hydrogens is 265 g/mol. The van der Waals surface area contributed by atoms with E-state index in [9.17, 15) is 18.3 Å². The summed E-state index contributed by atoms with van der Waals surface area (Å²) in [5.41, 5.74) is -2.47. The Labute approximate surface area is 86.4 Å². The lowest BCUT2D eigenvalue weighted by Crippen LogP contribution is -2.17. The molecule has 0 unspecified atom stereocenters. The molecule has 0 amide bonds. The van der Waals surface area contributed by atoms with Gasteiger partial charge in [0.1, 0.15) is 11.3 Å². The van der Waals surface area contributed by atoms with Gasteiger partial charge in [-0.1, -0.05) is 0 Å². The van der Waals surface area contributed by atoms with Gasteiger partial charge in [0.25, 0.3) is 0 Å². The van der Waals surface area contributed by atoms with Gasteiger partial charge in [0.2, 0.25) is 0 Å². The number of aromatic amines is 1. The fraction of sp³-hybridized carbons (Fsp3) is 0.571. The topological polar surface area (TPSA) is 48.9 Å². The van der Waals surface area contributed by atoms with Gasteiger partial charge in [-0.15, -0.1) is 0 Å². The van der Waals surface area contributed by atoms with E-state index in [0.29, 0.717) is 0 Å². The first-order valence-corrected chi connectivity index (χ1v) is 4.47. The molecule has 7 heteroatoms. The average molecular weight is 273 g/mol. The van der Waals surface area contributed by atoms with Gasteiger partial charge in [-0.25, -0.2) is 0 Å². The molecule has 0 aliphatic rings. The molecule has 0 spiro atoms. The minimum absolute atomic E-state index is 0.0650. The van der Waals surface area contributed by atoms with Gasteiger partial charge >= 0.3 is 6.18 Å². The predicted octanol–water partition coefficient (Wildman–Crippen LogP) is 2.42. The van der Waals surface area contributed by atoms with E-state index in [0.717, 1.165) is 0 Å². The Kier molecular flexibility index (Phi) is 2.66. The normalized spacial score (nSPS) is 13.4. The third kappa shape index (κ3) is 2.09. The first kappa shape index (κ1) is 11.5. The molecule has 0 bridgehead atoms. The second kappa shape index (κ2) is 3.23. The van der Waals surface area contributed by atoms with E-state index >= 15 is 0 Å². The minimum atomic E-state index is -4.50. The van der Waals surface area contributed by atoms with Crippen molar-refractivity contribution < 1.29 is 18.3 Å². The summed E-state index contributed by atoms with van der Waals surface area (Å²) >= 11 is 2.75. The van der Waals surface area contributed by atoms with Crippen molar-refractivity contribution in [2.45, 2.75) is 25.6 Å². The van der Waals surface area contributed by atoms with E-state index in [2.05, 4.69) is 21.0 Å². The van der Waals surface area contributed by atoms with Crippen LogP contribution < -0.4 is 0 Å². The van der Waals surface area contributed by atoms with E-state index in [1.165, 1.54) is 13.8 Å². The van der Waals surface area contributed by atoms with Gasteiger partial charge in [-0.3, -0.25) is 5.10 Å². The van der Waals surface area contributed by atoms with Crippen LogP contribution in [0.3, 0.4) is 0 Å². The average Bonchev–Trinajstić information content (AvgIpc) is 2.26. The molecule has 0 fully saturated rings. The summed E-state index contributed by atoms with van der Waals surface area (Å²) in [7, 11) is 0. The van der Waals surface area contributed by atoms with Crippen LogP contribution in [0.1, 0.15) is 25.2 Å². The number of nitrogens with one attached hydrogen (secondary N) is 1. The van der Waals surface area contributed by atoms with Crippen LogP contribution >= 0.6 is 15.9 Å². The highest BCUT2D eigenvalue weighted by Gasteiger charge is 2.38. The molecule has 0 radical (unpaired) electrons. The van der Waals surface area contributed by atoms with Crippen molar-refractivity contribution in [3.8, 4) is 0 Å². The maximum Gasteiger partial charge on any atom is 0.433 e. The van der Waals surface area contributed by atoms with Crippen molar-refractivity contribution in [1.29, 1.82) is 0 Å². The van der Waals surface area contributed by atoms with E-state index in [1.54, 1.807) is 0 Å². The molecule has 0 atom stereocenters. The van der Waals surface area contributed by atoms with Crippen molar-refractivity contribution in [3.05, 3.63) is 15.9 Å².